The van der Waals surface area contributed by atoms with Gasteiger partial charge in [0, 0.05) is 38.0 Å². The van der Waals surface area contributed by atoms with Crippen molar-refractivity contribution in [2.75, 3.05) is 46.2 Å². The van der Waals surface area contributed by atoms with Crippen LogP contribution in [-0.4, -0.2) is 101 Å². The van der Waals surface area contributed by atoms with E-state index < -0.39 is 48.9 Å². The van der Waals surface area contributed by atoms with E-state index in [-0.39, 0.29) is 6.61 Å². The van der Waals surface area contributed by atoms with Crippen molar-refractivity contribution >= 4 is 17.9 Å². The van der Waals surface area contributed by atoms with Crippen molar-refractivity contribution in [2.45, 2.75) is 26.6 Å². The van der Waals surface area contributed by atoms with Crippen LogP contribution in [0, 0.1) is 5.41 Å². The first-order valence-electron chi connectivity index (χ1n) is 9.67. The summed E-state index contributed by atoms with van der Waals surface area (Å²) in [6.45, 7) is 14.0. The average Bonchev–Trinajstić information content (AvgIpc) is 2.80. The molecule has 0 aromatic rings. The molecule has 0 aliphatic heterocycles. The highest BCUT2D eigenvalue weighted by molar-refractivity contribution is 5.79. The Balaban J connectivity index is -0.000000226. The first-order valence-corrected chi connectivity index (χ1v) is 9.67. The molecule has 0 spiro atoms. The summed E-state index contributed by atoms with van der Waals surface area (Å²) < 4.78 is 16.5. The second-order valence-corrected chi connectivity index (χ2v) is 5.64. The van der Waals surface area contributed by atoms with E-state index in [0.29, 0.717) is 19.8 Å². The summed E-state index contributed by atoms with van der Waals surface area (Å²) in [5.41, 5.74) is -1.31. The van der Waals surface area contributed by atoms with E-state index in [1.54, 1.807) is 13.8 Å². The van der Waals surface area contributed by atoms with Gasteiger partial charge in [-0.15, -0.1) is 0 Å². The summed E-state index contributed by atoms with van der Waals surface area (Å²) in [6.07, 6.45) is 2.50. The molecule has 0 saturated heterocycles. The van der Waals surface area contributed by atoms with Crippen LogP contribution in [0.5, 0.6) is 0 Å². The Morgan fingerprint density at radius 3 is 1.12 bits per heavy atom. The molecule has 0 aliphatic rings. The van der Waals surface area contributed by atoms with Crippen LogP contribution < -0.4 is 0 Å². The molecule has 0 atom stereocenters. The number of rotatable bonds is 14. The van der Waals surface area contributed by atoms with Gasteiger partial charge in [-0.2, -0.15) is 0 Å². The molecule has 0 saturated carbocycles. The van der Waals surface area contributed by atoms with Gasteiger partial charge in [0.05, 0.1) is 25.2 Å². The third-order valence-electron chi connectivity index (χ3n) is 3.49. The molecule has 0 unspecified atom stereocenters. The van der Waals surface area contributed by atoms with Gasteiger partial charge in [0.25, 0.3) is 0 Å². The molecule has 0 aromatic carbocycles. The van der Waals surface area contributed by atoms with E-state index in [9.17, 15) is 29.7 Å². The Hall–Kier alpha value is -2.61. The van der Waals surface area contributed by atoms with Crippen molar-refractivity contribution in [2.24, 2.45) is 5.41 Å². The van der Waals surface area contributed by atoms with Crippen LogP contribution >= 0.6 is 0 Å². The SMILES string of the molecule is C=CC(=O)O.C=CC(=O)O.C=CC(=O)O.CCOCC(OCC)(OCC)C(CO)(CO)CO. The number of ether oxygens (including phenoxy) is 3. The van der Waals surface area contributed by atoms with E-state index >= 15 is 0 Å². The Morgan fingerprint density at radius 1 is 0.697 bits per heavy atom. The first kappa shape index (κ1) is 37.7. The number of carboxylic acid groups (broad SMARTS) is 3. The minimum absolute atomic E-state index is 0.0346. The maximum Gasteiger partial charge on any atom is 0.327 e. The molecular weight excluding hydrogens is 444 g/mol. The molecule has 194 valence electrons. The van der Waals surface area contributed by atoms with E-state index in [2.05, 4.69) is 19.7 Å². The van der Waals surface area contributed by atoms with Gasteiger partial charge in [0.2, 0.25) is 5.79 Å². The van der Waals surface area contributed by atoms with Crippen molar-refractivity contribution in [3.8, 4) is 0 Å². The number of aliphatic hydroxyl groups is 3. The molecule has 0 heterocycles. The zero-order valence-corrected chi connectivity index (χ0v) is 19.4. The van der Waals surface area contributed by atoms with Crippen LogP contribution in [-0.2, 0) is 28.6 Å². The molecule has 0 amide bonds. The van der Waals surface area contributed by atoms with Crippen molar-refractivity contribution in [3.63, 3.8) is 0 Å². The van der Waals surface area contributed by atoms with Crippen molar-refractivity contribution in [1.82, 2.24) is 0 Å². The second-order valence-electron chi connectivity index (χ2n) is 5.64. The topological polar surface area (TPSA) is 200 Å². The normalized spacial score (nSPS) is 10.0. The maximum absolute atomic E-state index is 9.53. The van der Waals surface area contributed by atoms with Gasteiger partial charge in [-0.1, -0.05) is 19.7 Å². The van der Waals surface area contributed by atoms with E-state index in [4.69, 9.17) is 29.5 Å². The lowest BCUT2D eigenvalue weighted by Crippen LogP contribution is -2.61. The number of hydrogen-bond acceptors (Lipinski definition) is 9. The van der Waals surface area contributed by atoms with Crippen molar-refractivity contribution < 1.29 is 59.2 Å². The Bertz CT molecular complexity index is 498. The monoisotopic (exact) mass is 482 g/mol. The molecule has 33 heavy (non-hydrogen) atoms. The molecule has 12 nitrogen and oxygen atoms in total. The second kappa shape index (κ2) is 24.0. The average molecular weight is 483 g/mol. The molecule has 6 N–H and O–H groups in total. The fourth-order valence-corrected chi connectivity index (χ4v) is 1.80. The minimum atomic E-state index is -1.36. The molecule has 0 radical (unpaired) electrons. The molecule has 0 fully saturated rings. The quantitative estimate of drug-likeness (QED) is 0.148. The minimum Gasteiger partial charge on any atom is -0.478 e. The molecule has 0 aliphatic carbocycles. The fourth-order valence-electron chi connectivity index (χ4n) is 1.80. The van der Waals surface area contributed by atoms with Gasteiger partial charge < -0.3 is 44.8 Å². The van der Waals surface area contributed by atoms with Gasteiger partial charge in [-0.25, -0.2) is 14.4 Å². The zero-order chi connectivity index (χ0) is 26.9. The van der Waals surface area contributed by atoms with Crippen molar-refractivity contribution in [3.05, 3.63) is 38.0 Å². The number of hydrogen-bond donors (Lipinski definition) is 6. The lowest BCUT2D eigenvalue weighted by Gasteiger charge is -2.46. The Labute approximate surface area is 194 Å². The van der Waals surface area contributed by atoms with Gasteiger partial charge >= 0.3 is 17.9 Å². The summed E-state index contributed by atoms with van der Waals surface area (Å²) in [6, 6.07) is 0. The lowest BCUT2D eigenvalue weighted by atomic mass is 9.81. The zero-order valence-electron chi connectivity index (χ0n) is 19.4. The largest absolute Gasteiger partial charge is 0.478 e. The predicted octanol–water partition coefficient (Wildman–Crippen LogP) is 0.527. The van der Waals surface area contributed by atoms with Crippen LogP contribution in [0.15, 0.2) is 38.0 Å². The summed E-state index contributed by atoms with van der Waals surface area (Å²) in [7, 11) is 0. The Kier molecular flexibility index (Phi) is 27.5. The van der Waals surface area contributed by atoms with Gasteiger partial charge in [0.1, 0.15) is 6.61 Å². The molecule has 12 heteroatoms. The first-order chi connectivity index (χ1) is 15.4. The Morgan fingerprint density at radius 2 is 0.970 bits per heavy atom. The highest BCUT2D eigenvalue weighted by Gasteiger charge is 2.53. The summed E-state index contributed by atoms with van der Waals surface area (Å²) >= 11 is 0. The third kappa shape index (κ3) is 18.6. The smallest absolute Gasteiger partial charge is 0.327 e. The van der Waals surface area contributed by atoms with Gasteiger partial charge in [-0.05, 0) is 20.8 Å². The molecule has 0 rings (SSSR count). The summed E-state index contributed by atoms with van der Waals surface area (Å²) in [4.78, 5) is 27.8. The van der Waals surface area contributed by atoms with Crippen LogP contribution in [0.4, 0.5) is 0 Å². The third-order valence-corrected chi connectivity index (χ3v) is 3.49. The van der Waals surface area contributed by atoms with Crippen LogP contribution in [0.25, 0.3) is 0 Å². The van der Waals surface area contributed by atoms with Crippen LogP contribution in [0.3, 0.4) is 0 Å². The molecule has 0 bridgehead atoms. The van der Waals surface area contributed by atoms with E-state index in [1.165, 1.54) is 0 Å². The van der Waals surface area contributed by atoms with E-state index in [1.807, 2.05) is 6.92 Å². The molecular formula is C21H38O12. The van der Waals surface area contributed by atoms with Gasteiger partial charge in [0.15, 0.2) is 0 Å². The molecule has 0 aromatic heterocycles. The van der Waals surface area contributed by atoms with Crippen molar-refractivity contribution in [1.29, 1.82) is 0 Å². The van der Waals surface area contributed by atoms with Crippen LogP contribution in [0.2, 0.25) is 0 Å². The standard InChI is InChI=1S/C12H26O6.3C3H4O2/c1-4-16-10-12(17-5-2,18-6-3)11(7-13,8-14)9-15;3*1-2-3(4)5/h13-15H,4-10H2,1-3H3;3*2H,1H2,(H,4,5). The maximum atomic E-state index is 9.53. The lowest BCUT2D eigenvalue weighted by molar-refractivity contribution is -0.334. The number of carboxylic acids is 3. The fraction of sp³-hybridized carbons (Fsp3) is 0.571. The van der Waals surface area contributed by atoms with Crippen LogP contribution in [0.1, 0.15) is 20.8 Å². The van der Waals surface area contributed by atoms with E-state index in [0.717, 1.165) is 18.2 Å². The highest BCUT2D eigenvalue weighted by atomic mass is 16.7. The number of carbonyl (C=O) groups is 3. The number of aliphatic carboxylic acids is 3. The summed E-state index contributed by atoms with van der Waals surface area (Å²) in [5.74, 6) is -4.30. The summed E-state index contributed by atoms with van der Waals surface area (Å²) in [5, 5.41) is 51.4. The van der Waals surface area contributed by atoms with Gasteiger partial charge in [-0.3, -0.25) is 0 Å². The predicted molar refractivity (Wildman–Crippen MR) is 120 cm³/mol. The number of aliphatic hydroxyl groups excluding tert-OH is 3. The highest BCUT2D eigenvalue weighted by Crippen LogP contribution is 2.36.